The first-order valence-corrected chi connectivity index (χ1v) is 8.89. The normalized spacial score (nSPS) is 10.2. The number of rotatable bonds is 5. The van der Waals surface area contributed by atoms with Gasteiger partial charge in [-0.15, -0.1) is 0 Å². The summed E-state index contributed by atoms with van der Waals surface area (Å²) in [4.78, 5) is 31.1. The number of carbonyl (C=O) groups is 2. The molecule has 0 heterocycles. The second-order valence-corrected chi connectivity index (χ2v) is 6.90. The number of urea groups is 1. The standard InChI is InChI=1S/C17H17Br2N3O3/c1-21(25-2)16(23)11-22(15-9-5-13(19)6-10-15)17(24)20-14-7-3-12(18)4-8-14/h3-10H,11H2,1-2H3,(H,20,24). The van der Waals surface area contributed by atoms with Crippen LogP contribution in [0.4, 0.5) is 16.2 Å². The van der Waals surface area contributed by atoms with Crippen molar-refractivity contribution in [2.75, 3.05) is 30.9 Å². The van der Waals surface area contributed by atoms with Crippen LogP contribution in [0.3, 0.4) is 0 Å². The Labute approximate surface area is 163 Å². The Balaban J connectivity index is 2.23. The van der Waals surface area contributed by atoms with Crippen molar-refractivity contribution in [3.8, 4) is 0 Å². The van der Waals surface area contributed by atoms with E-state index in [1.54, 1.807) is 36.4 Å². The van der Waals surface area contributed by atoms with Gasteiger partial charge in [0, 0.05) is 27.4 Å². The van der Waals surface area contributed by atoms with Gasteiger partial charge in [0.1, 0.15) is 6.54 Å². The first kappa shape index (κ1) is 19.4. The van der Waals surface area contributed by atoms with E-state index in [0.717, 1.165) is 14.0 Å². The molecular formula is C17H17Br2N3O3. The molecule has 0 aliphatic rings. The van der Waals surface area contributed by atoms with E-state index in [1.165, 1.54) is 19.1 Å². The predicted octanol–water partition coefficient (Wildman–Crippen LogP) is 4.27. The van der Waals surface area contributed by atoms with Crippen molar-refractivity contribution in [1.29, 1.82) is 0 Å². The summed E-state index contributed by atoms with van der Waals surface area (Å²) in [6, 6.07) is 13.9. The average Bonchev–Trinajstić information content (AvgIpc) is 2.61. The van der Waals surface area contributed by atoms with Crippen LogP contribution >= 0.6 is 31.9 Å². The first-order valence-electron chi connectivity index (χ1n) is 7.31. The maximum Gasteiger partial charge on any atom is 0.326 e. The summed E-state index contributed by atoms with van der Waals surface area (Å²) in [6.07, 6.45) is 0. The van der Waals surface area contributed by atoms with E-state index in [-0.39, 0.29) is 12.5 Å². The Bertz CT molecular complexity index is 736. The number of nitrogens with zero attached hydrogens (tertiary/aromatic N) is 2. The van der Waals surface area contributed by atoms with Crippen LogP contribution in [0.1, 0.15) is 0 Å². The van der Waals surface area contributed by atoms with Gasteiger partial charge in [-0.1, -0.05) is 31.9 Å². The molecule has 0 unspecified atom stereocenters. The fourth-order valence-corrected chi connectivity index (χ4v) is 2.49. The third kappa shape index (κ3) is 5.55. The zero-order valence-corrected chi connectivity index (χ0v) is 16.9. The van der Waals surface area contributed by atoms with Crippen LogP contribution in [0.15, 0.2) is 57.5 Å². The Hall–Kier alpha value is -1.90. The lowest BCUT2D eigenvalue weighted by molar-refractivity contribution is -0.166. The lowest BCUT2D eigenvalue weighted by atomic mass is 10.3. The van der Waals surface area contributed by atoms with Crippen molar-refractivity contribution in [3.05, 3.63) is 57.5 Å². The quantitative estimate of drug-likeness (QED) is 0.663. The molecule has 0 aliphatic heterocycles. The number of hydrogen-bond donors (Lipinski definition) is 1. The molecule has 0 fully saturated rings. The van der Waals surface area contributed by atoms with E-state index in [1.807, 2.05) is 12.1 Å². The van der Waals surface area contributed by atoms with E-state index >= 15 is 0 Å². The average molecular weight is 471 g/mol. The van der Waals surface area contributed by atoms with Crippen molar-refractivity contribution in [2.45, 2.75) is 0 Å². The van der Waals surface area contributed by atoms with Crippen molar-refractivity contribution < 1.29 is 14.4 Å². The molecule has 0 bridgehead atoms. The van der Waals surface area contributed by atoms with Gasteiger partial charge in [-0.25, -0.2) is 9.86 Å². The highest BCUT2D eigenvalue weighted by atomic mass is 79.9. The van der Waals surface area contributed by atoms with Crippen LogP contribution in [-0.4, -0.2) is 37.7 Å². The lowest BCUT2D eigenvalue weighted by Crippen LogP contribution is -2.43. The minimum atomic E-state index is -0.414. The number of carbonyl (C=O) groups excluding carboxylic acids is 2. The van der Waals surface area contributed by atoms with Crippen LogP contribution in [0.25, 0.3) is 0 Å². The fraction of sp³-hybridized carbons (Fsp3) is 0.176. The van der Waals surface area contributed by atoms with Crippen LogP contribution in [0.2, 0.25) is 0 Å². The molecule has 132 valence electrons. The molecule has 0 atom stereocenters. The number of amides is 3. The molecule has 3 amide bonds. The summed E-state index contributed by atoms with van der Waals surface area (Å²) >= 11 is 6.71. The molecule has 0 saturated carbocycles. The fourth-order valence-electron chi connectivity index (χ4n) is 1.96. The molecule has 0 aliphatic carbocycles. The van der Waals surface area contributed by atoms with E-state index in [4.69, 9.17) is 4.84 Å². The van der Waals surface area contributed by atoms with Gasteiger partial charge in [-0.05, 0) is 48.5 Å². The van der Waals surface area contributed by atoms with E-state index in [9.17, 15) is 9.59 Å². The van der Waals surface area contributed by atoms with E-state index in [2.05, 4.69) is 37.2 Å². The SMILES string of the molecule is CON(C)C(=O)CN(C(=O)Nc1ccc(Br)cc1)c1ccc(Br)cc1. The zero-order valence-electron chi connectivity index (χ0n) is 13.7. The van der Waals surface area contributed by atoms with Gasteiger partial charge in [0.2, 0.25) is 0 Å². The van der Waals surface area contributed by atoms with Gasteiger partial charge < -0.3 is 5.32 Å². The number of halogens is 2. The topological polar surface area (TPSA) is 61.9 Å². The lowest BCUT2D eigenvalue weighted by Gasteiger charge is -2.24. The minimum absolute atomic E-state index is 0.158. The number of hydroxylamine groups is 2. The van der Waals surface area contributed by atoms with Gasteiger partial charge >= 0.3 is 6.03 Å². The van der Waals surface area contributed by atoms with Crippen molar-refractivity contribution in [2.24, 2.45) is 0 Å². The van der Waals surface area contributed by atoms with Crippen LogP contribution in [0.5, 0.6) is 0 Å². The Morgan fingerprint density at radius 2 is 1.52 bits per heavy atom. The Morgan fingerprint density at radius 3 is 2.04 bits per heavy atom. The van der Waals surface area contributed by atoms with Crippen molar-refractivity contribution in [3.63, 3.8) is 0 Å². The van der Waals surface area contributed by atoms with Gasteiger partial charge in [0.25, 0.3) is 5.91 Å². The summed E-state index contributed by atoms with van der Waals surface area (Å²) < 4.78 is 1.79. The molecule has 8 heteroatoms. The molecule has 6 nitrogen and oxygen atoms in total. The molecule has 25 heavy (non-hydrogen) atoms. The molecule has 2 aromatic rings. The smallest absolute Gasteiger partial charge is 0.308 e. The van der Waals surface area contributed by atoms with Crippen molar-refractivity contribution >= 4 is 55.2 Å². The molecule has 2 rings (SSSR count). The Kier molecular flexibility index (Phi) is 6.98. The van der Waals surface area contributed by atoms with Crippen molar-refractivity contribution in [1.82, 2.24) is 5.06 Å². The molecular weight excluding hydrogens is 454 g/mol. The molecule has 0 radical (unpaired) electrons. The minimum Gasteiger partial charge on any atom is -0.308 e. The molecule has 0 spiro atoms. The Morgan fingerprint density at radius 1 is 1.00 bits per heavy atom. The molecule has 0 saturated heterocycles. The number of nitrogens with one attached hydrogen (secondary N) is 1. The summed E-state index contributed by atoms with van der Waals surface area (Å²) in [5.74, 6) is -0.351. The predicted molar refractivity (Wildman–Crippen MR) is 104 cm³/mol. The molecule has 2 aromatic carbocycles. The van der Waals surface area contributed by atoms with Crippen LogP contribution in [0, 0.1) is 0 Å². The van der Waals surface area contributed by atoms with E-state index in [0.29, 0.717) is 11.4 Å². The maximum absolute atomic E-state index is 12.7. The number of likely N-dealkylation sites (N-methyl/N-ethyl adjacent to an activating group) is 1. The summed E-state index contributed by atoms with van der Waals surface area (Å²) in [5, 5.41) is 3.87. The zero-order chi connectivity index (χ0) is 18.4. The number of anilines is 2. The highest BCUT2D eigenvalue weighted by molar-refractivity contribution is 9.10. The summed E-state index contributed by atoms with van der Waals surface area (Å²) in [6.45, 7) is -0.158. The summed E-state index contributed by atoms with van der Waals surface area (Å²) in [5.41, 5.74) is 1.22. The second-order valence-electron chi connectivity index (χ2n) is 5.07. The van der Waals surface area contributed by atoms with Crippen LogP contribution in [-0.2, 0) is 9.63 Å². The third-order valence-corrected chi connectivity index (χ3v) is 4.45. The highest BCUT2D eigenvalue weighted by Crippen LogP contribution is 2.20. The van der Waals surface area contributed by atoms with Gasteiger partial charge in [0.15, 0.2) is 0 Å². The second kappa shape index (κ2) is 8.98. The summed E-state index contributed by atoms with van der Waals surface area (Å²) in [7, 11) is 2.89. The number of hydrogen-bond acceptors (Lipinski definition) is 3. The third-order valence-electron chi connectivity index (χ3n) is 3.40. The van der Waals surface area contributed by atoms with E-state index < -0.39 is 6.03 Å². The number of benzene rings is 2. The van der Waals surface area contributed by atoms with Gasteiger partial charge in [-0.2, -0.15) is 0 Å². The maximum atomic E-state index is 12.7. The van der Waals surface area contributed by atoms with Gasteiger partial charge in [-0.3, -0.25) is 14.5 Å². The highest BCUT2D eigenvalue weighted by Gasteiger charge is 2.21. The molecule has 1 N–H and O–H groups in total. The first-order chi connectivity index (χ1) is 11.9. The van der Waals surface area contributed by atoms with Gasteiger partial charge in [0.05, 0.1) is 7.11 Å². The largest absolute Gasteiger partial charge is 0.326 e. The monoisotopic (exact) mass is 469 g/mol. The van der Waals surface area contributed by atoms with Crippen LogP contribution < -0.4 is 10.2 Å². The molecule has 0 aromatic heterocycles.